The number of hydrogen-bond donors (Lipinski definition) is 0. The van der Waals surface area contributed by atoms with Gasteiger partial charge in [-0.25, -0.2) is 0 Å². The third-order valence-corrected chi connectivity index (χ3v) is 4.27. The van der Waals surface area contributed by atoms with Crippen molar-refractivity contribution in [1.29, 1.82) is 0 Å². The average Bonchev–Trinajstić information content (AvgIpc) is 3.04. The van der Waals surface area contributed by atoms with E-state index in [1.165, 1.54) is 6.42 Å². The van der Waals surface area contributed by atoms with Gasteiger partial charge in [0.05, 0.1) is 0 Å². The van der Waals surface area contributed by atoms with Crippen molar-refractivity contribution in [1.82, 2.24) is 15.1 Å². The van der Waals surface area contributed by atoms with Crippen LogP contribution in [0.1, 0.15) is 43.3 Å². The van der Waals surface area contributed by atoms with Crippen LogP contribution < -0.4 is 0 Å². The lowest BCUT2D eigenvalue weighted by molar-refractivity contribution is 0.0568. The third kappa shape index (κ3) is 2.99. The Balaban J connectivity index is 1.82. The lowest BCUT2D eigenvalue weighted by Crippen LogP contribution is -2.43. The zero-order chi connectivity index (χ0) is 15.5. The quantitative estimate of drug-likeness (QED) is 0.863. The Morgan fingerprint density at radius 2 is 2.27 bits per heavy atom. The number of amides is 1. The molecule has 0 saturated carbocycles. The first-order chi connectivity index (χ1) is 10.7. The van der Waals surface area contributed by atoms with E-state index in [0.29, 0.717) is 16.5 Å². The van der Waals surface area contributed by atoms with E-state index >= 15 is 0 Å². The summed E-state index contributed by atoms with van der Waals surface area (Å²) in [6.07, 6.45) is 4.18. The Hall–Kier alpha value is -1.88. The number of piperidine rings is 1. The van der Waals surface area contributed by atoms with Crippen molar-refractivity contribution in [2.75, 3.05) is 6.54 Å². The van der Waals surface area contributed by atoms with Gasteiger partial charge in [0.15, 0.2) is 0 Å². The molecule has 1 fully saturated rings. The van der Waals surface area contributed by atoms with Crippen molar-refractivity contribution in [3.8, 4) is 11.5 Å². The van der Waals surface area contributed by atoms with Crippen LogP contribution in [-0.2, 0) is 0 Å². The Labute approximate surface area is 134 Å². The highest BCUT2D eigenvalue weighted by molar-refractivity contribution is 6.30. The van der Waals surface area contributed by atoms with Gasteiger partial charge in [0.25, 0.3) is 0 Å². The van der Waals surface area contributed by atoms with Gasteiger partial charge in [0, 0.05) is 23.2 Å². The average molecular weight is 320 g/mol. The minimum Gasteiger partial charge on any atom is -0.412 e. The largest absolute Gasteiger partial charge is 0.412 e. The van der Waals surface area contributed by atoms with Gasteiger partial charge in [-0.3, -0.25) is 4.79 Å². The minimum absolute atomic E-state index is 0.0512. The first-order valence-corrected chi connectivity index (χ1v) is 7.97. The maximum absolute atomic E-state index is 12.6. The number of carbonyl (C=O) groups excluding carboxylic acids is 1. The molecule has 0 radical (unpaired) electrons. The smallest absolute Gasteiger partial charge is 0.311 e. The van der Waals surface area contributed by atoms with Crippen LogP contribution in [0.2, 0.25) is 5.02 Å². The maximum Gasteiger partial charge on any atom is 0.311 e. The van der Waals surface area contributed by atoms with Crippen LogP contribution in [0, 0.1) is 0 Å². The lowest BCUT2D eigenvalue weighted by atomic mass is 10.00. The standard InChI is InChI=1S/C16H18ClN3O2/c1-2-13-8-3-4-9-20(13)16(21)15-19-18-14(22-15)11-6-5-7-12(17)10-11/h5-7,10,13H,2-4,8-9H2,1H3. The number of halogens is 1. The molecule has 2 heterocycles. The fourth-order valence-corrected chi connectivity index (χ4v) is 3.05. The number of carbonyl (C=O) groups is 1. The molecule has 1 amide bonds. The number of aromatic nitrogens is 2. The highest BCUT2D eigenvalue weighted by Gasteiger charge is 2.29. The molecule has 0 aliphatic carbocycles. The minimum atomic E-state index is -0.174. The van der Waals surface area contributed by atoms with Crippen LogP contribution in [0.25, 0.3) is 11.5 Å². The van der Waals surface area contributed by atoms with E-state index in [0.717, 1.165) is 25.8 Å². The van der Waals surface area contributed by atoms with Gasteiger partial charge in [-0.05, 0) is 43.9 Å². The van der Waals surface area contributed by atoms with Crippen molar-refractivity contribution < 1.29 is 9.21 Å². The van der Waals surface area contributed by atoms with Gasteiger partial charge in [-0.15, -0.1) is 10.2 Å². The highest BCUT2D eigenvalue weighted by atomic mass is 35.5. The highest BCUT2D eigenvalue weighted by Crippen LogP contribution is 2.24. The fraction of sp³-hybridized carbons (Fsp3) is 0.438. The van der Waals surface area contributed by atoms with Gasteiger partial charge in [0.2, 0.25) is 5.89 Å². The van der Waals surface area contributed by atoms with Gasteiger partial charge >= 0.3 is 11.8 Å². The lowest BCUT2D eigenvalue weighted by Gasteiger charge is -2.34. The molecule has 1 aromatic heterocycles. The third-order valence-electron chi connectivity index (χ3n) is 4.04. The molecule has 1 atom stereocenters. The second-order valence-corrected chi connectivity index (χ2v) is 5.92. The number of rotatable bonds is 3. The molecule has 1 unspecified atom stereocenters. The molecule has 0 spiro atoms. The summed E-state index contributed by atoms with van der Waals surface area (Å²) in [4.78, 5) is 14.4. The van der Waals surface area contributed by atoms with Crippen LogP contribution in [0.4, 0.5) is 0 Å². The normalized spacial score (nSPS) is 18.5. The van der Waals surface area contributed by atoms with Crippen LogP contribution in [0.3, 0.4) is 0 Å². The van der Waals surface area contributed by atoms with E-state index in [2.05, 4.69) is 17.1 Å². The first-order valence-electron chi connectivity index (χ1n) is 7.59. The monoisotopic (exact) mass is 319 g/mol. The molecule has 0 bridgehead atoms. The molecular formula is C16H18ClN3O2. The Kier molecular flexibility index (Phi) is 4.43. The molecule has 1 aromatic carbocycles. The van der Waals surface area contributed by atoms with E-state index in [9.17, 15) is 4.79 Å². The van der Waals surface area contributed by atoms with Crippen molar-refractivity contribution in [3.05, 3.63) is 35.2 Å². The van der Waals surface area contributed by atoms with Crippen molar-refractivity contribution in [2.45, 2.75) is 38.6 Å². The summed E-state index contributed by atoms with van der Waals surface area (Å²) in [5.74, 6) is 0.193. The summed E-state index contributed by atoms with van der Waals surface area (Å²) in [7, 11) is 0. The summed E-state index contributed by atoms with van der Waals surface area (Å²) >= 11 is 5.96. The van der Waals surface area contributed by atoms with E-state index in [-0.39, 0.29) is 17.8 Å². The molecule has 3 rings (SSSR count). The van der Waals surface area contributed by atoms with Crippen molar-refractivity contribution in [2.24, 2.45) is 0 Å². The molecule has 1 aliphatic rings. The molecular weight excluding hydrogens is 302 g/mol. The summed E-state index contributed by atoms with van der Waals surface area (Å²) in [5, 5.41) is 8.48. The van der Waals surface area contributed by atoms with Crippen LogP contribution in [0.5, 0.6) is 0 Å². The molecule has 22 heavy (non-hydrogen) atoms. The predicted octanol–water partition coefficient (Wildman–Crippen LogP) is 3.79. The van der Waals surface area contributed by atoms with Crippen molar-refractivity contribution in [3.63, 3.8) is 0 Å². The molecule has 0 N–H and O–H groups in total. The molecule has 1 saturated heterocycles. The first kappa shape index (κ1) is 15.0. The van der Waals surface area contributed by atoms with Crippen LogP contribution in [0.15, 0.2) is 28.7 Å². The Morgan fingerprint density at radius 3 is 3.05 bits per heavy atom. The van der Waals surface area contributed by atoms with Gasteiger partial charge in [0.1, 0.15) is 0 Å². The number of benzene rings is 1. The van der Waals surface area contributed by atoms with Gasteiger partial charge in [-0.2, -0.15) is 0 Å². The fourth-order valence-electron chi connectivity index (χ4n) is 2.86. The second-order valence-electron chi connectivity index (χ2n) is 5.48. The Morgan fingerprint density at radius 1 is 1.41 bits per heavy atom. The van der Waals surface area contributed by atoms with E-state index in [1.54, 1.807) is 18.2 Å². The van der Waals surface area contributed by atoms with E-state index < -0.39 is 0 Å². The molecule has 1 aliphatic heterocycles. The molecule has 2 aromatic rings. The number of likely N-dealkylation sites (tertiary alicyclic amines) is 1. The van der Waals surface area contributed by atoms with E-state index in [1.807, 2.05) is 11.0 Å². The number of nitrogens with zero attached hydrogens (tertiary/aromatic N) is 3. The summed E-state index contributed by atoms with van der Waals surface area (Å²) in [5.41, 5.74) is 0.713. The summed E-state index contributed by atoms with van der Waals surface area (Å²) in [6.45, 7) is 2.85. The zero-order valence-corrected chi connectivity index (χ0v) is 13.2. The van der Waals surface area contributed by atoms with E-state index in [4.69, 9.17) is 16.0 Å². The number of hydrogen-bond acceptors (Lipinski definition) is 4. The maximum atomic E-state index is 12.6. The zero-order valence-electron chi connectivity index (χ0n) is 12.5. The Bertz CT molecular complexity index is 671. The molecule has 116 valence electrons. The topological polar surface area (TPSA) is 59.2 Å². The van der Waals surface area contributed by atoms with Crippen LogP contribution >= 0.6 is 11.6 Å². The predicted molar refractivity (Wildman–Crippen MR) is 83.7 cm³/mol. The van der Waals surface area contributed by atoms with Gasteiger partial charge in [-0.1, -0.05) is 24.6 Å². The van der Waals surface area contributed by atoms with Crippen molar-refractivity contribution >= 4 is 17.5 Å². The molecule has 6 heteroatoms. The SMILES string of the molecule is CCC1CCCCN1C(=O)c1nnc(-c2cccc(Cl)c2)o1. The summed E-state index contributed by atoms with van der Waals surface area (Å²) < 4.78 is 5.56. The molecule has 5 nitrogen and oxygen atoms in total. The van der Waals surface area contributed by atoms with Gasteiger partial charge < -0.3 is 9.32 Å². The van der Waals surface area contributed by atoms with Crippen LogP contribution in [-0.4, -0.2) is 33.6 Å². The summed E-state index contributed by atoms with van der Waals surface area (Å²) in [6, 6.07) is 7.40. The second kappa shape index (κ2) is 6.48.